The van der Waals surface area contributed by atoms with Gasteiger partial charge in [-0.2, -0.15) is 0 Å². The first-order valence-corrected chi connectivity index (χ1v) is 8.19. The number of hydrogen-bond acceptors (Lipinski definition) is 3. The van der Waals surface area contributed by atoms with Crippen LogP contribution in [-0.4, -0.2) is 57.8 Å². The first-order valence-electron chi connectivity index (χ1n) is 8.19. The van der Waals surface area contributed by atoms with Gasteiger partial charge < -0.3 is 20.3 Å². The molecule has 0 aliphatic carbocycles. The Kier molecular flexibility index (Phi) is 6.93. The van der Waals surface area contributed by atoms with Crippen LogP contribution in [0.25, 0.3) is 0 Å². The molecule has 2 unspecified atom stereocenters. The van der Waals surface area contributed by atoms with Crippen LogP contribution in [-0.2, 0) is 4.74 Å². The molecule has 0 spiro atoms. The molecule has 0 aromatic heterocycles. The molecule has 0 amide bonds. The molecule has 1 saturated heterocycles. The SMILES string of the molecule is CN=C(NCC1CCCO1)NCC(c1c(F)cccc1F)N(C)C. The number of rotatable bonds is 6. The molecule has 134 valence electrons. The van der Waals surface area contributed by atoms with Gasteiger partial charge in [-0.1, -0.05) is 6.07 Å². The van der Waals surface area contributed by atoms with E-state index >= 15 is 0 Å². The van der Waals surface area contributed by atoms with E-state index in [4.69, 9.17) is 4.74 Å². The third-order valence-corrected chi connectivity index (χ3v) is 4.16. The van der Waals surface area contributed by atoms with Crippen LogP contribution in [0.4, 0.5) is 8.78 Å². The van der Waals surface area contributed by atoms with Crippen LogP contribution in [0.3, 0.4) is 0 Å². The molecule has 1 aromatic rings. The number of benzene rings is 1. The third kappa shape index (κ3) is 4.88. The molecule has 2 atom stereocenters. The molecule has 1 aliphatic heterocycles. The topological polar surface area (TPSA) is 48.9 Å². The van der Waals surface area contributed by atoms with Crippen LogP contribution in [0.5, 0.6) is 0 Å². The summed E-state index contributed by atoms with van der Waals surface area (Å²) in [6.45, 7) is 1.80. The maximum absolute atomic E-state index is 14.1. The largest absolute Gasteiger partial charge is 0.376 e. The molecule has 0 radical (unpaired) electrons. The van der Waals surface area contributed by atoms with Crippen molar-refractivity contribution < 1.29 is 13.5 Å². The molecule has 1 aromatic carbocycles. The molecule has 2 N–H and O–H groups in total. The second-order valence-corrected chi connectivity index (χ2v) is 6.08. The fourth-order valence-electron chi connectivity index (χ4n) is 2.80. The number of aliphatic imine (C=N–C) groups is 1. The lowest BCUT2D eigenvalue weighted by atomic mass is 10.0. The van der Waals surface area contributed by atoms with Crippen molar-refractivity contribution in [3.8, 4) is 0 Å². The van der Waals surface area contributed by atoms with Crippen molar-refractivity contribution in [1.82, 2.24) is 15.5 Å². The van der Waals surface area contributed by atoms with Crippen molar-refractivity contribution in [3.05, 3.63) is 35.4 Å². The summed E-state index contributed by atoms with van der Waals surface area (Å²) in [5, 5.41) is 6.33. The zero-order valence-electron chi connectivity index (χ0n) is 14.5. The van der Waals surface area contributed by atoms with Crippen molar-refractivity contribution >= 4 is 5.96 Å². The summed E-state index contributed by atoms with van der Waals surface area (Å²) < 4.78 is 33.7. The summed E-state index contributed by atoms with van der Waals surface area (Å²) in [4.78, 5) is 5.93. The average molecular weight is 340 g/mol. The predicted octanol–water partition coefficient (Wildman–Crippen LogP) is 1.91. The van der Waals surface area contributed by atoms with Gasteiger partial charge in [0, 0.05) is 32.3 Å². The Bertz CT molecular complexity index is 539. The Labute approximate surface area is 142 Å². The van der Waals surface area contributed by atoms with Gasteiger partial charge in [0.15, 0.2) is 5.96 Å². The quantitative estimate of drug-likeness (QED) is 0.614. The molecule has 1 heterocycles. The van der Waals surface area contributed by atoms with Gasteiger partial charge in [-0.15, -0.1) is 0 Å². The highest BCUT2D eigenvalue weighted by Crippen LogP contribution is 2.23. The van der Waals surface area contributed by atoms with Gasteiger partial charge in [0.05, 0.1) is 12.1 Å². The smallest absolute Gasteiger partial charge is 0.191 e. The van der Waals surface area contributed by atoms with E-state index in [1.165, 1.54) is 18.2 Å². The fraction of sp³-hybridized carbons (Fsp3) is 0.588. The zero-order valence-corrected chi connectivity index (χ0v) is 14.5. The first-order chi connectivity index (χ1) is 11.5. The number of likely N-dealkylation sites (N-methyl/N-ethyl adjacent to an activating group) is 1. The van der Waals surface area contributed by atoms with E-state index in [0.29, 0.717) is 19.0 Å². The molecule has 0 bridgehead atoms. The minimum atomic E-state index is -0.544. The van der Waals surface area contributed by atoms with Crippen molar-refractivity contribution in [3.63, 3.8) is 0 Å². The Balaban J connectivity index is 1.97. The van der Waals surface area contributed by atoms with Crippen LogP contribution >= 0.6 is 0 Å². The minimum absolute atomic E-state index is 0.0598. The predicted molar refractivity (Wildman–Crippen MR) is 91.1 cm³/mol. The van der Waals surface area contributed by atoms with Gasteiger partial charge in [0.25, 0.3) is 0 Å². The van der Waals surface area contributed by atoms with Gasteiger partial charge in [0.1, 0.15) is 11.6 Å². The number of nitrogens with zero attached hydrogens (tertiary/aromatic N) is 2. The normalized spacial score (nSPS) is 19.6. The summed E-state index contributed by atoms with van der Waals surface area (Å²) in [7, 11) is 5.25. The monoisotopic (exact) mass is 340 g/mol. The molecular weight excluding hydrogens is 314 g/mol. The Morgan fingerprint density at radius 1 is 1.33 bits per heavy atom. The highest BCUT2D eigenvalue weighted by Gasteiger charge is 2.22. The third-order valence-electron chi connectivity index (χ3n) is 4.16. The maximum Gasteiger partial charge on any atom is 0.191 e. The summed E-state index contributed by atoms with van der Waals surface area (Å²) in [5.74, 6) is -0.496. The Morgan fingerprint density at radius 2 is 2.04 bits per heavy atom. The van der Waals surface area contributed by atoms with E-state index in [-0.39, 0.29) is 11.7 Å². The lowest BCUT2D eigenvalue weighted by Crippen LogP contribution is -2.44. The minimum Gasteiger partial charge on any atom is -0.376 e. The first kappa shape index (κ1) is 18.6. The number of nitrogens with one attached hydrogen (secondary N) is 2. The second-order valence-electron chi connectivity index (χ2n) is 6.08. The van der Waals surface area contributed by atoms with Crippen LogP contribution in [0, 0.1) is 11.6 Å². The summed E-state index contributed by atoms with van der Waals surface area (Å²) >= 11 is 0. The van der Waals surface area contributed by atoms with Gasteiger partial charge in [-0.25, -0.2) is 8.78 Å². The standard InChI is InChI=1S/C17H26F2N4O/c1-20-17(21-10-12-6-5-9-24-12)22-11-15(23(2)3)16-13(18)7-4-8-14(16)19/h4,7-8,12,15H,5-6,9-11H2,1-3H3,(H2,20,21,22). The van der Waals surface area contributed by atoms with Crippen LogP contribution in [0.15, 0.2) is 23.2 Å². The molecule has 5 nitrogen and oxygen atoms in total. The number of hydrogen-bond donors (Lipinski definition) is 2. The highest BCUT2D eigenvalue weighted by molar-refractivity contribution is 5.79. The van der Waals surface area contributed by atoms with E-state index in [1.807, 2.05) is 0 Å². The molecule has 1 fully saturated rings. The second kappa shape index (κ2) is 8.94. The van der Waals surface area contributed by atoms with Crippen molar-refractivity contribution in [1.29, 1.82) is 0 Å². The number of halogens is 2. The van der Waals surface area contributed by atoms with Crippen LogP contribution < -0.4 is 10.6 Å². The highest BCUT2D eigenvalue weighted by atomic mass is 19.1. The maximum atomic E-state index is 14.1. The molecular formula is C17H26F2N4O. The van der Waals surface area contributed by atoms with E-state index < -0.39 is 17.7 Å². The number of ether oxygens (including phenoxy) is 1. The van der Waals surface area contributed by atoms with E-state index in [0.717, 1.165) is 19.4 Å². The average Bonchev–Trinajstić information content (AvgIpc) is 3.05. The van der Waals surface area contributed by atoms with Crippen molar-refractivity contribution in [2.75, 3.05) is 40.8 Å². The Morgan fingerprint density at radius 3 is 2.58 bits per heavy atom. The summed E-state index contributed by atoms with van der Waals surface area (Å²) in [5.41, 5.74) is 0.0598. The van der Waals surface area contributed by atoms with Gasteiger partial charge >= 0.3 is 0 Å². The van der Waals surface area contributed by atoms with Crippen LogP contribution in [0.2, 0.25) is 0 Å². The van der Waals surface area contributed by atoms with E-state index in [2.05, 4.69) is 15.6 Å². The fourth-order valence-corrected chi connectivity index (χ4v) is 2.80. The lowest BCUT2D eigenvalue weighted by Gasteiger charge is -2.27. The molecule has 7 heteroatoms. The summed E-state index contributed by atoms with van der Waals surface area (Å²) in [6.07, 6.45) is 2.30. The Hall–Kier alpha value is -1.73. The van der Waals surface area contributed by atoms with Gasteiger partial charge in [0.2, 0.25) is 0 Å². The summed E-state index contributed by atoms with van der Waals surface area (Å²) in [6, 6.07) is 3.47. The van der Waals surface area contributed by atoms with Crippen molar-refractivity contribution in [2.45, 2.75) is 25.0 Å². The van der Waals surface area contributed by atoms with E-state index in [1.54, 1.807) is 26.0 Å². The zero-order chi connectivity index (χ0) is 17.5. The molecule has 0 saturated carbocycles. The lowest BCUT2D eigenvalue weighted by molar-refractivity contribution is 0.113. The van der Waals surface area contributed by atoms with Crippen molar-refractivity contribution in [2.24, 2.45) is 4.99 Å². The molecule has 24 heavy (non-hydrogen) atoms. The van der Waals surface area contributed by atoms with E-state index in [9.17, 15) is 8.78 Å². The van der Waals surface area contributed by atoms with Gasteiger partial charge in [-0.3, -0.25) is 4.99 Å². The molecule has 2 rings (SSSR count). The van der Waals surface area contributed by atoms with Gasteiger partial charge in [-0.05, 0) is 39.1 Å². The van der Waals surface area contributed by atoms with Crippen LogP contribution in [0.1, 0.15) is 24.4 Å². The number of guanidine groups is 1. The molecule has 1 aliphatic rings.